The Bertz CT molecular complexity index is 977. The van der Waals surface area contributed by atoms with Gasteiger partial charge in [0.25, 0.3) is 0 Å². The van der Waals surface area contributed by atoms with Gasteiger partial charge in [-0.25, -0.2) is 0 Å². The largest absolute Gasteiger partial charge is 0.573 e. The number of ketones is 1. The number of para-hydroxylation sites is 1. The molecule has 1 heterocycles. The second kappa shape index (κ2) is 7.14. The minimum atomic E-state index is -4.82. The number of H-pyrrole nitrogens is 1. The van der Waals surface area contributed by atoms with Crippen molar-refractivity contribution in [3.8, 4) is 5.75 Å². The van der Waals surface area contributed by atoms with Crippen LogP contribution in [0.1, 0.15) is 28.3 Å². The molecule has 8 heteroatoms. The Morgan fingerprint density at radius 2 is 1.74 bits per heavy atom. The van der Waals surface area contributed by atoms with E-state index in [4.69, 9.17) is 0 Å². The van der Waals surface area contributed by atoms with E-state index < -0.39 is 29.8 Å². The van der Waals surface area contributed by atoms with E-state index in [2.05, 4.69) is 9.72 Å². The fourth-order valence-corrected chi connectivity index (χ4v) is 2.86. The summed E-state index contributed by atoms with van der Waals surface area (Å²) in [5.41, 5.74) is 1.33. The van der Waals surface area contributed by atoms with Gasteiger partial charge < -0.3 is 14.8 Å². The predicted octanol–water partition coefficient (Wildman–Crippen LogP) is 4.51. The molecule has 2 N–H and O–H groups in total. The Morgan fingerprint density at radius 3 is 2.37 bits per heavy atom. The highest BCUT2D eigenvalue weighted by Gasteiger charge is 2.31. The molecule has 0 radical (unpaired) electrons. The van der Waals surface area contributed by atoms with Gasteiger partial charge in [-0.2, -0.15) is 0 Å². The number of ether oxygens (including phenoxy) is 1. The van der Waals surface area contributed by atoms with Gasteiger partial charge in [-0.1, -0.05) is 18.2 Å². The SMILES string of the molecule is O=C(CC(C(=O)O)c1c[nH]c2ccccc12)c1ccc(OC(F)(F)F)cc1. The molecule has 0 aliphatic rings. The molecule has 5 nitrogen and oxygen atoms in total. The lowest BCUT2D eigenvalue weighted by atomic mass is 9.91. The summed E-state index contributed by atoms with van der Waals surface area (Å²) in [5, 5.41) is 10.3. The Hall–Kier alpha value is -3.29. The van der Waals surface area contributed by atoms with Crippen LogP contribution in [0.4, 0.5) is 13.2 Å². The lowest BCUT2D eigenvalue weighted by Gasteiger charge is -2.12. The zero-order valence-electron chi connectivity index (χ0n) is 13.8. The van der Waals surface area contributed by atoms with Gasteiger partial charge in [0.2, 0.25) is 0 Å². The van der Waals surface area contributed by atoms with E-state index in [0.717, 1.165) is 17.6 Å². The number of fused-ring (bicyclic) bond motifs is 1. The molecule has 1 aromatic heterocycles. The smallest absolute Gasteiger partial charge is 0.481 e. The second-order valence-electron chi connectivity index (χ2n) is 5.88. The van der Waals surface area contributed by atoms with E-state index in [-0.39, 0.29) is 12.0 Å². The number of hydrogen-bond acceptors (Lipinski definition) is 3. The van der Waals surface area contributed by atoms with Crippen LogP contribution < -0.4 is 4.74 Å². The Morgan fingerprint density at radius 1 is 1.07 bits per heavy atom. The van der Waals surface area contributed by atoms with Crippen LogP contribution in [0, 0.1) is 0 Å². The molecule has 0 saturated carbocycles. The molecule has 3 rings (SSSR count). The van der Waals surface area contributed by atoms with Gasteiger partial charge in [0, 0.05) is 29.1 Å². The number of aliphatic carboxylic acids is 1. The molecule has 1 atom stereocenters. The third-order valence-electron chi connectivity index (χ3n) is 4.09. The first-order chi connectivity index (χ1) is 12.7. The van der Waals surface area contributed by atoms with Crippen LogP contribution in [0.3, 0.4) is 0 Å². The highest BCUT2D eigenvalue weighted by atomic mass is 19.4. The zero-order chi connectivity index (χ0) is 19.6. The molecular weight excluding hydrogens is 363 g/mol. The number of carbonyl (C=O) groups excluding carboxylic acids is 1. The maximum absolute atomic E-state index is 12.5. The molecule has 140 valence electrons. The summed E-state index contributed by atoms with van der Waals surface area (Å²) >= 11 is 0. The topological polar surface area (TPSA) is 79.4 Å². The van der Waals surface area contributed by atoms with Crippen LogP contribution in [0.25, 0.3) is 10.9 Å². The van der Waals surface area contributed by atoms with Crippen LogP contribution in [0.15, 0.2) is 54.7 Å². The van der Waals surface area contributed by atoms with Gasteiger partial charge in [-0.3, -0.25) is 9.59 Å². The summed E-state index contributed by atoms with van der Waals surface area (Å²) in [7, 11) is 0. The first kappa shape index (κ1) is 18.5. The average molecular weight is 377 g/mol. The molecule has 0 aliphatic heterocycles. The van der Waals surface area contributed by atoms with Crippen molar-refractivity contribution in [2.75, 3.05) is 0 Å². The number of carboxylic acids is 1. The van der Waals surface area contributed by atoms with Crippen molar-refractivity contribution >= 4 is 22.7 Å². The van der Waals surface area contributed by atoms with Crippen LogP contribution in [0.5, 0.6) is 5.75 Å². The predicted molar refractivity (Wildman–Crippen MR) is 90.7 cm³/mol. The number of halogens is 3. The summed E-state index contributed by atoms with van der Waals surface area (Å²) in [6.07, 6.45) is -3.59. The molecule has 0 spiro atoms. The lowest BCUT2D eigenvalue weighted by Crippen LogP contribution is -2.17. The fourth-order valence-electron chi connectivity index (χ4n) is 2.86. The zero-order valence-corrected chi connectivity index (χ0v) is 13.8. The van der Waals surface area contributed by atoms with Crippen molar-refractivity contribution < 1.29 is 32.6 Å². The summed E-state index contributed by atoms with van der Waals surface area (Å²) in [6.45, 7) is 0. The van der Waals surface area contributed by atoms with E-state index in [9.17, 15) is 27.9 Å². The summed E-state index contributed by atoms with van der Waals surface area (Å²) in [6, 6.07) is 11.5. The van der Waals surface area contributed by atoms with Gasteiger partial charge >= 0.3 is 12.3 Å². The summed E-state index contributed by atoms with van der Waals surface area (Å²) in [5.74, 6) is -3.19. The Kier molecular flexibility index (Phi) is 4.89. The van der Waals surface area contributed by atoms with Crippen molar-refractivity contribution in [1.82, 2.24) is 4.98 Å². The molecule has 2 aromatic carbocycles. The highest BCUT2D eigenvalue weighted by molar-refractivity contribution is 6.00. The van der Waals surface area contributed by atoms with Gasteiger partial charge in [0.05, 0.1) is 5.92 Å². The van der Waals surface area contributed by atoms with Gasteiger partial charge in [-0.15, -0.1) is 13.2 Å². The number of rotatable bonds is 6. The normalized spacial score (nSPS) is 12.7. The van der Waals surface area contributed by atoms with E-state index >= 15 is 0 Å². The minimum absolute atomic E-state index is 0.107. The van der Waals surface area contributed by atoms with Crippen molar-refractivity contribution in [2.24, 2.45) is 0 Å². The maximum Gasteiger partial charge on any atom is 0.573 e. The Balaban J connectivity index is 1.81. The number of carboxylic acid groups (broad SMARTS) is 1. The van der Waals surface area contributed by atoms with Crippen LogP contribution in [0.2, 0.25) is 0 Å². The van der Waals surface area contributed by atoms with Crippen molar-refractivity contribution in [3.05, 3.63) is 65.9 Å². The summed E-state index contributed by atoms with van der Waals surface area (Å²) in [4.78, 5) is 27.1. The number of alkyl halides is 3. The molecule has 0 saturated heterocycles. The molecule has 0 amide bonds. The van der Waals surface area contributed by atoms with E-state index in [1.807, 2.05) is 0 Å². The number of hydrogen-bond donors (Lipinski definition) is 2. The Labute approximate surface area is 151 Å². The van der Waals surface area contributed by atoms with Crippen molar-refractivity contribution in [1.29, 1.82) is 0 Å². The fraction of sp³-hybridized carbons (Fsp3) is 0.158. The quantitative estimate of drug-likeness (QED) is 0.620. The first-order valence-corrected chi connectivity index (χ1v) is 7.92. The molecular formula is C19H14F3NO4. The second-order valence-corrected chi connectivity index (χ2v) is 5.88. The summed E-state index contributed by atoms with van der Waals surface area (Å²) < 4.78 is 40.3. The van der Waals surface area contributed by atoms with Crippen LogP contribution in [-0.2, 0) is 4.79 Å². The van der Waals surface area contributed by atoms with E-state index in [1.54, 1.807) is 30.5 Å². The average Bonchev–Trinajstić information content (AvgIpc) is 3.02. The van der Waals surface area contributed by atoms with Gasteiger partial charge in [-0.05, 0) is 35.9 Å². The monoisotopic (exact) mass is 377 g/mol. The third kappa shape index (κ3) is 4.28. The van der Waals surface area contributed by atoms with E-state index in [0.29, 0.717) is 10.9 Å². The number of benzene rings is 2. The molecule has 27 heavy (non-hydrogen) atoms. The number of carbonyl (C=O) groups is 2. The number of Topliss-reactive ketones (excluding diaryl/α,β-unsaturated/α-hetero) is 1. The number of nitrogens with one attached hydrogen (secondary N) is 1. The molecule has 0 bridgehead atoms. The highest BCUT2D eigenvalue weighted by Crippen LogP contribution is 2.30. The number of aromatic nitrogens is 1. The van der Waals surface area contributed by atoms with Gasteiger partial charge in [0.15, 0.2) is 5.78 Å². The number of aromatic amines is 1. The standard InChI is InChI=1S/C19H14F3NO4/c20-19(21,22)27-12-7-5-11(6-8-12)17(24)9-14(18(25)26)15-10-23-16-4-2-1-3-13(15)16/h1-8,10,14,23H,9H2,(H,25,26). The minimum Gasteiger partial charge on any atom is -0.481 e. The maximum atomic E-state index is 12.5. The van der Waals surface area contributed by atoms with Gasteiger partial charge in [0.1, 0.15) is 5.75 Å². The first-order valence-electron chi connectivity index (χ1n) is 7.92. The van der Waals surface area contributed by atoms with Crippen LogP contribution >= 0.6 is 0 Å². The molecule has 0 fully saturated rings. The molecule has 0 aliphatic carbocycles. The lowest BCUT2D eigenvalue weighted by molar-refractivity contribution is -0.274. The third-order valence-corrected chi connectivity index (χ3v) is 4.09. The van der Waals surface area contributed by atoms with Crippen LogP contribution in [-0.4, -0.2) is 28.2 Å². The molecule has 1 unspecified atom stereocenters. The van der Waals surface area contributed by atoms with E-state index in [1.165, 1.54) is 12.1 Å². The molecule has 3 aromatic rings. The van der Waals surface area contributed by atoms with Crippen molar-refractivity contribution in [2.45, 2.75) is 18.7 Å². The van der Waals surface area contributed by atoms with Crippen molar-refractivity contribution in [3.63, 3.8) is 0 Å².